The molecule has 1 N–H and O–H groups in total. The van der Waals surface area contributed by atoms with Crippen molar-refractivity contribution in [2.75, 3.05) is 0 Å². The van der Waals surface area contributed by atoms with E-state index in [4.69, 9.17) is 0 Å². The molecule has 0 amide bonds. The Hall–Kier alpha value is -2.70. The minimum absolute atomic E-state index is 0.0737. The molecular formula is C19H17F4N3. The lowest BCUT2D eigenvalue weighted by molar-refractivity contribution is -0.143. The maximum Gasteiger partial charge on any atom is 0.435 e. The maximum absolute atomic E-state index is 14.2. The molecule has 3 nitrogen and oxygen atoms in total. The number of aromatic nitrogens is 3. The third kappa shape index (κ3) is 3.61. The van der Waals surface area contributed by atoms with Gasteiger partial charge in [0.15, 0.2) is 11.5 Å². The van der Waals surface area contributed by atoms with E-state index in [-0.39, 0.29) is 5.69 Å². The first-order valence-corrected chi connectivity index (χ1v) is 8.13. The highest BCUT2D eigenvalue weighted by Crippen LogP contribution is 2.34. The molecule has 0 aliphatic rings. The molecule has 2 aromatic heterocycles. The highest BCUT2D eigenvalue weighted by atomic mass is 19.4. The summed E-state index contributed by atoms with van der Waals surface area (Å²) in [7, 11) is 0. The van der Waals surface area contributed by atoms with Gasteiger partial charge in [0.05, 0.1) is 5.69 Å². The van der Waals surface area contributed by atoms with E-state index in [1.807, 2.05) is 44.2 Å². The fourth-order valence-corrected chi connectivity index (χ4v) is 2.80. The van der Waals surface area contributed by atoms with Crippen LogP contribution in [0.1, 0.15) is 25.1 Å². The van der Waals surface area contributed by atoms with Crippen molar-refractivity contribution in [3.63, 3.8) is 0 Å². The molecule has 3 rings (SSSR count). The molecule has 0 saturated carbocycles. The summed E-state index contributed by atoms with van der Waals surface area (Å²) in [5.74, 6) is -1.13. The van der Waals surface area contributed by atoms with Crippen molar-refractivity contribution in [2.45, 2.75) is 26.4 Å². The van der Waals surface area contributed by atoms with Crippen molar-refractivity contribution in [1.29, 1.82) is 0 Å². The summed E-state index contributed by atoms with van der Waals surface area (Å²) in [6.45, 7) is 4.07. The average molecular weight is 363 g/mol. The normalized spacial score (nSPS) is 12.0. The second kappa shape index (κ2) is 6.90. The zero-order valence-corrected chi connectivity index (χ0v) is 14.2. The first-order valence-electron chi connectivity index (χ1n) is 8.13. The lowest BCUT2D eigenvalue weighted by Gasteiger charge is -2.13. The van der Waals surface area contributed by atoms with Gasteiger partial charge in [0, 0.05) is 11.8 Å². The molecule has 136 valence electrons. The van der Waals surface area contributed by atoms with E-state index < -0.39 is 23.4 Å². The van der Waals surface area contributed by atoms with E-state index in [2.05, 4.69) is 10.1 Å². The minimum atomic E-state index is -4.83. The monoisotopic (exact) mass is 363 g/mol. The molecule has 0 spiro atoms. The van der Waals surface area contributed by atoms with E-state index in [9.17, 15) is 17.6 Å². The van der Waals surface area contributed by atoms with Crippen LogP contribution < -0.4 is 0 Å². The maximum atomic E-state index is 14.2. The largest absolute Gasteiger partial charge is 0.435 e. The van der Waals surface area contributed by atoms with Gasteiger partial charge in [-0.25, -0.2) is 4.39 Å². The molecule has 0 saturated heterocycles. The number of rotatable bonds is 4. The second-order valence-electron chi connectivity index (χ2n) is 6.45. The van der Waals surface area contributed by atoms with Crippen molar-refractivity contribution in [2.24, 2.45) is 5.92 Å². The van der Waals surface area contributed by atoms with Crippen LogP contribution in [0.15, 0.2) is 42.6 Å². The van der Waals surface area contributed by atoms with Gasteiger partial charge in [-0.2, -0.15) is 18.3 Å². The number of alkyl halides is 3. The number of hydrogen-bond acceptors (Lipinski definition) is 2. The Labute approximate surface area is 148 Å². The Kier molecular flexibility index (Phi) is 4.80. The zero-order chi connectivity index (χ0) is 18.9. The minimum Gasteiger partial charge on any atom is -0.270 e. The molecule has 7 heteroatoms. The van der Waals surface area contributed by atoms with Gasteiger partial charge in [0.2, 0.25) is 0 Å². The third-order valence-corrected chi connectivity index (χ3v) is 3.94. The average Bonchev–Trinajstić information content (AvgIpc) is 2.97. The summed E-state index contributed by atoms with van der Waals surface area (Å²) in [6, 6.07) is 11.2. The Morgan fingerprint density at radius 3 is 2.38 bits per heavy atom. The number of aromatic amines is 1. The fraction of sp³-hybridized carbons (Fsp3) is 0.263. The van der Waals surface area contributed by atoms with Crippen LogP contribution in [0.4, 0.5) is 17.6 Å². The summed E-state index contributed by atoms with van der Waals surface area (Å²) in [5.41, 5.74) is 0.848. The van der Waals surface area contributed by atoms with Crippen LogP contribution in [-0.2, 0) is 12.6 Å². The van der Waals surface area contributed by atoms with Gasteiger partial charge in [-0.15, -0.1) is 0 Å². The quantitative estimate of drug-likeness (QED) is 0.622. The summed E-state index contributed by atoms with van der Waals surface area (Å²) in [4.78, 5) is 4.16. The smallest absolute Gasteiger partial charge is 0.270 e. The summed E-state index contributed by atoms with van der Waals surface area (Å²) >= 11 is 0. The van der Waals surface area contributed by atoms with Gasteiger partial charge in [-0.3, -0.25) is 10.1 Å². The van der Waals surface area contributed by atoms with Gasteiger partial charge in [0.25, 0.3) is 0 Å². The molecule has 0 radical (unpaired) electrons. The standard InChI is InChI=1S/C19H17F4N3/c1-11(2)8-13-9-15(17-16(20)18(26-25-17)19(21,22)23)24-10-14(13)12-6-4-3-5-7-12/h3-7,9-11H,8H2,1-2H3,(H,25,26). The van der Waals surface area contributed by atoms with Crippen molar-refractivity contribution < 1.29 is 17.6 Å². The van der Waals surface area contributed by atoms with Crippen LogP contribution in [0, 0.1) is 11.7 Å². The number of pyridine rings is 1. The SMILES string of the molecule is CC(C)Cc1cc(-c2n[nH]c(C(F)(F)F)c2F)ncc1-c1ccccc1. The van der Waals surface area contributed by atoms with E-state index in [1.165, 1.54) is 0 Å². The Bertz CT molecular complexity index is 899. The van der Waals surface area contributed by atoms with Crippen molar-refractivity contribution in [3.8, 4) is 22.5 Å². The van der Waals surface area contributed by atoms with E-state index in [1.54, 1.807) is 17.4 Å². The Morgan fingerprint density at radius 1 is 1.12 bits per heavy atom. The summed E-state index contributed by atoms with van der Waals surface area (Å²) in [6.07, 6.45) is -2.60. The summed E-state index contributed by atoms with van der Waals surface area (Å²) < 4.78 is 52.5. The van der Waals surface area contributed by atoms with Gasteiger partial charge in [0.1, 0.15) is 5.69 Å². The third-order valence-electron chi connectivity index (χ3n) is 3.94. The first kappa shape index (κ1) is 18.1. The number of H-pyrrole nitrogens is 1. The number of halogens is 4. The molecule has 3 aromatic rings. The zero-order valence-electron chi connectivity index (χ0n) is 14.2. The number of benzene rings is 1. The fourth-order valence-electron chi connectivity index (χ4n) is 2.80. The predicted octanol–water partition coefficient (Wildman–Crippen LogP) is 5.50. The van der Waals surface area contributed by atoms with Crippen LogP contribution in [0.5, 0.6) is 0 Å². The molecule has 2 heterocycles. The molecule has 1 aromatic carbocycles. The predicted molar refractivity (Wildman–Crippen MR) is 90.8 cm³/mol. The topological polar surface area (TPSA) is 41.6 Å². The van der Waals surface area contributed by atoms with E-state index in [0.29, 0.717) is 12.3 Å². The van der Waals surface area contributed by atoms with Crippen molar-refractivity contribution in [3.05, 3.63) is 59.7 Å². The number of hydrogen-bond donors (Lipinski definition) is 1. The van der Waals surface area contributed by atoms with E-state index in [0.717, 1.165) is 16.7 Å². The van der Waals surface area contributed by atoms with Gasteiger partial charge in [-0.05, 0) is 29.5 Å². The summed E-state index contributed by atoms with van der Waals surface area (Å²) in [5, 5.41) is 5.22. The van der Waals surface area contributed by atoms with Gasteiger partial charge >= 0.3 is 6.18 Å². The molecule has 0 bridgehead atoms. The van der Waals surface area contributed by atoms with Crippen LogP contribution in [0.25, 0.3) is 22.5 Å². The molecular weight excluding hydrogens is 346 g/mol. The Morgan fingerprint density at radius 2 is 1.81 bits per heavy atom. The lowest BCUT2D eigenvalue weighted by atomic mass is 9.94. The number of nitrogens with one attached hydrogen (secondary N) is 1. The van der Waals surface area contributed by atoms with Crippen LogP contribution in [0.2, 0.25) is 0 Å². The van der Waals surface area contributed by atoms with Crippen LogP contribution in [-0.4, -0.2) is 15.2 Å². The van der Waals surface area contributed by atoms with Crippen molar-refractivity contribution in [1.82, 2.24) is 15.2 Å². The molecule has 0 fully saturated rings. The molecule has 0 aliphatic carbocycles. The van der Waals surface area contributed by atoms with E-state index >= 15 is 0 Å². The van der Waals surface area contributed by atoms with Crippen LogP contribution in [0.3, 0.4) is 0 Å². The van der Waals surface area contributed by atoms with Crippen molar-refractivity contribution >= 4 is 0 Å². The van der Waals surface area contributed by atoms with Gasteiger partial charge in [-0.1, -0.05) is 44.2 Å². The molecule has 0 atom stereocenters. The van der Waals surface area contributed by atoms with Crippen LogP contribution >= 0.6 is 0 Å². The molecule has 0 aliphatic heterocycles. The Balaban J connectivity index is 2.09. The second-order valence-corrected chi connectivity index (χ2v) is 6.45. The lowest BCUT2D eigenvalue weighted by Crippen LogP contribution is -2.07. The van der Waals surface area contributed by atoms with Gasteiger partial charge < -0.3 is 0 Å². The first-order chi connectivity index (χ1) is 12.3. The highest BCUT2D eigenvalue weighted by Gasteiger charge is 2.38. The molecule has 26 heavy (non-hydrogen) atoms. The highest BCUT2D eigenvalue weighted by molar-refractivity contribution is 5.70. The number of nitrogens with zero attached hydrogens (tertiary/aromatic N) is 2. The molecule has 0 unspecified atom stereocenters.